The van der Waals surface area contributed by atoms with E-state index in [1.807, 2.05) is 0 Å². The second-order valence-electron chi connectivity index (χ2n) is 4.05. The van der Waals surface area contributed by atoms with Gasteiger partial charge in [-0.25, -0.2) is 17.9 Å². The number of carboxylic acid groups (broad SMARTS) is 1. The molecule has 0 spiro atoms. The maximum atomic E-state index is 11.9. The monoisotopic (exact) mass is 299 g/mol. The second kappa shape index (κ2) is 5.47. The van der Waals surface area contributed by atoms with Crippen LogP contribution >= 0.6 is 0 Å². The molecule has 2 N–H and O–H groups in total. The van der Waals surface area contributed by atoms with Crippen molar-refractivity contribution in [1.29, 1.82) is 0 Å². The van der Waals surface area contributed by atoms with E-state index >= 15 is 0 Å². The summed E-state index contributed by atoms with van der Waals surface area (Å²) in [6.07, 6.45) is -0.0999. The number of benzene rings is 1. The zero-order valence-corrected chi connectivity index (χ0v) is 11.0. The SMILES string of the molecule is O=C([O-])CCCNS(=O)(=O)c1ccc2[nH]c(=O)oc2c1. The zero-order chi connectivity index (χ0) is 14.8. The number of carbonyl (C=O) groups excluding carboxylic acids is 1. The van der Waals surface area contributed by atoms with Gasteiger partial charge >= 0.3 is 5.76 Å². The number of hydrogen-bond donors (Lipinski definition) is 2. The summed E-state index contributed by atoms with van der Waals surface area (Å²) >= 11 is 0. The molecule has 2 aromatic rings. The van der Waals surface area contributed by atoms with Crippen LogP contribution in [0.1, 0.15) is 12.8 Å². The highest BCUT2D eigenvalue weighted by Gasteiger charge is 2.15. The van der Waals surface area contributed by atoms with E-state index in [2.05, 4.69) is 9.71 Å². The quantitative estimate of drug-likeness (QED) is 0.653. The molecular weight excluding hydrogens is 288 g/mol. The number of H-pyrrole nitrogens is 1. The number of carboxylic acids is 1. The molecule has 0 aliphatic carbocycles. The largest absolute Gasteiger partial charge is 0.550 e. The summed E-state index contributed by atoms with van der Waals surface area (Å²) in [6, 6.07) is 3.94. The van der Waals surface area contributed by atoms with Crippen molar-refractivity contribution in [3.8, 4) is 0 Å². The molecule has 0 unspecified atom stereocenters. The summed E-state index contributed by atoms with van der Waals surface area (Å²) in [5.41, 5.74) is 0.526. The van der Waals surface area contributed by atoms with Crippen molar-refractivity contribution in [2.75, 3.05) is 6.54 Å². The minimum absolute atomic E-state index is 0.0224. The number of aromatic amines is 1. The number of sulfonamides is 1. The van der Waals surface area contributed by atoms with Crippen LogP contribution in [0, 0.1) is 0 Å². The van der Waals surface area contributed by atoms with Gasteiger partial charge in [-0.1, -0.05) is 0 Å². The van der Waals surface area contributed by atoms with Gasteiger partial charge in [0.2, 0.25) is 10.0 Å². The maximum absolute atomic E-state index is 11.9. The summed E-state index contributed by atoms with van der Waals surface area (Å²) in [4.78, 5) is 23.5. The van der Waals surface area contributed by atoms with E-state index in [-0.39, 0.29) is 29.9 Å². The minimum Gasteiger partial charge on any atom is -0.550 e. The van der Waals surface area contributed by atoms with Gasteiger partial charge in [0.1, 0.15) is 0 Å². The Morgan fingerprint density at radius 1 is 1.40 bits per heavy atom. The molecule has 8 nitrogen and oxygen atoms in total. The molecule has 0 amide bonds. The fourth-order valence-electron chi connectivity index (χ4n) is 1.62. The Morgan fingerprint density at radius 3 is 2.85 bits per heavy atom. The molecule has 0 bridgehead atoms. The van der Waals surface area contributed by atoms with Gasteiger partial charge in [0.25, 0.3) is 0 Å². The third-order valence-electron chi connectivity index (χ3n) is 2.55. The molecule has 0 fully saturated rings. The number of hydrogen-bond acceptors (Lipinski definition) is 6. The van der Waals surface area contributed by atoms with Crippen LogP contribution in [0.4, 0.5) is 0 Å². The molecule has 0 aliphatic rings. The highest BCUT2D eigenvalue weighted by molar-refractivity contribution is 7.89. The standard InChI is InChI=1S/C11H12N2O6S/c14-10(15)2-1-5-12-20(17,18)7-3-4-8-9(6-7)19-11(16)13-8/h3-4,6,12H,1-2,5H2,(H,13,16)(H,14,15)/p-1. The normalized spacial score (nSPS) is 11.8. The molecule has 20 heavy (non-hydrogen) atoms. The average molecular weight is 299 g/mol. The Morgan fingerprint density at radius 2 is 2.15 bits per heavy atom. The fourth-order valence-corrected chi connectivity index (χ4v) is 2.70. The molecule has 0 atom stereocenters. The van der Waals surface area contributed by atoms with Crippen LogP contribution in [0.15, 0.2) is 32.3 Å². The Balaban J connectivity index is 2.14. The lowest BCUT2D eigenvalue weighted by Gasteiger charge is -2.06. The van der Waals surface area contributed by atoms with E-state index in [0.717, 1.165) is 0 Å². The van der Waals surface area contributed by atoms with Crippen LogP contribution in [0.5, 0.6) is 0 Å². The molecule has 108 valence electrons. The van der Waals surface area contributed by atoms with Crippen LogP contribution in [-0.2, 0) is 14.8 Å². The van der Waals surface area contributed by atoms with Gasteiger partial charge in [-0.15, -0.1) is 0 Å². The number of nitrogens with one attached hydrogen (secondary N) is 2. The maximum Gasteiger partial charge on any atom is 0.417 e. The van der Waals surface area contributed by atoms with Crippen molar-refractivity contribution in [2.24, 2.45) is 0 Å². The van der Waals surface area contributed by atoms with Gasteiger partial charge in [-0.2, -0.15) is 0 Å². The first-order chi connectivity index (χ1) is 9.38. The Kier molecular flexibility index (Phi) is 3.91. The summed E-state index contributed by atoms with van der Waals surface area (Å²) in [5, 5.41) is 10.2. The predicted octanol–water partition coefficient (Wildman–Crippen LogP) is -1.07. The van der Waals surface area contributed by atoms with E-state index in [1.54, 1.807) is 0 Å². The molecule has 1 heterocycles. The first-order valence-corrected chi connectivity index (χ1v) is 7.19. The van der Waals surface area contributed by atoms with Crippen molar-refractivity contribution in [2.45, 2.75) is 17.7 Å². The van der Waals surface area contributed by atoms with E-state index in [9.17, 15) is 23.1 Å². The molecule has 2 rings (SSSR count). The average Bonchev–Trinajstić information content (AvgIpc) is 2.73. The van der Waals surface area contributed by atoms with Crippen molar-refractivity contribution in [1.82, 2.24) is 9.71 Å². The first-order valence-electron chi connectivity index (χ1n) is 5.71. The molecule has 0 saturated carbocycles. The minimum atomic E-state index is -3.78. The van der Waals surface area contributed by atoms with Gasteiger partial charge in [0.15, 0.2) is 5.58 Å². The van der Waals surface area contributed by atoms with Gasteiger partial charge in [0, 0.05) is 18.6 Å². The predicted molar refractivity (Wildman–Crippen MR) is 66.3 cm³/mol. The number of rotatable bonds is 6. The Bertz CT molecular complexity index is 789. The molecule has 1 aromatic carbocycles. The van der Waals surface area contributed by atoms with Crippen molar-refractivity contribution in [3.63, 3.8) is 0 Å². The van der Waals surface area contributed by atoms with Crippen LogP contribution in [0.25, 0.3) is 11.1 Å². The summed E-state index contributed by atoms with van der Waals surface area (Å²) in [6.45, 7) is -0.0224. The number of oxazole rings is 1. The highest BCUT2D eigenvalue weighted by atomic mass is 32.2. The van der Waals surface area contributed by atoms with Gasteiger partial charge < -0.3 is 14.3 Å². The molecule has 0 radical (unpaired) electrons. The van der Waals surface area contributed by atoms with Crippen LogP contribution < -0.4 is 15.6 Å². The third kappa shape index (κ3) is 3.25. The molecule has 0 saturated heterocycles. The lowest BCUT2D eigenvalue weighted by Crippen LogP contribution is -2.27. The van der Waals surface area contributed by atoms with Crippen LogP contribution in [0.3, 0.4) is 0 Å². The van der Waals surface area contributed by atoms with Crippen LogP contribution in [-0.4, -0.2) is 25.9 Å². The molecule has 1 aromatic heterocycles. The number of aromatic nitrogens is 1. The van der Waals surface area contributed by atoms with Gasteiger partial charge in [0.05, 0.1) is 10.4 Å². The smallest absolute Gasteiger partial charge is 0.417 e. The van der Waals surface area contributed by atoms with E-state index in [0.29, 0.717) is 5.52 Å². The summed E-state index contributed by atoms with van der Waals surface area (Å²) in [7, 11) is -3.78. The molecular formula is C11H11N2O6S-. The fraction of sp³-hybridized carbons (Fsp3) is 0.273. The van der Waals surface area contributed by atoms with Crippen molar-refractivity contribution in [3.05, 3.63) is 28.7 Å². The summed E-state index contributed by atoms with van der Waals surface area (Å²) in [5.74, 6) is -1.91. The lowest BCUT2D eigenvalue weighted by molar-refractivity contribution is -0.305. The molecule has 0 aliphatic heterocycles. The van der Waals surface area contributed by atoms with Gasteiger partial charge in [-0.05, 0) is 25.0 Å². The lowest BCUT2D eigenvalue weighted by atomic mass is 10.3. The zero-order valence-electron chi connectivity index (χ0n) is 10.2. The first kappa shape index (κ1) is 14.3. The van der Waals surface area contributed by atoms with E-state index < -0.39 is 21.7 Å². The number of aliphatic carboxylic acids is 1. The van der Waals surface area contributed by atoms with E-state index in [4.69, 9.17) is 4.42 Å². The number of carbonyl (C=O) groups is 1. The van der Waals surface area contributed by atoms with E-state index in [1.165, 1.54) is 18.2 Å². The summed E-state index contributed by atoms with van der Waals surface area (Å²) < 4.78 is 30.9. The van der Waals surface area contributed by atoms with Crippen molar-refractivity contribution >= 4 is 27.1 Å². The third-order valence-corrected chi connectivity index (χ3v) is 4.01. The number of fused-ring (bicyclic) bond motifs is 1. The Hall–Kier alpha value is -2.13. The second-order valence-corrected chi connectivity index (χ2v) is 5.81. The van der Waals surface area contributed by atoms with Gasteiger partial charge in [-0.3, -0.25) is 4.98 Å². The molecule has 9 heteroatoms. The Labute approximate surface area is 113 Å². The topological polar surface area (TPSA) is 132 Å². The van der Waals surface area contributed by atoms with Crippen molar-refractivity contribution < 1.29 is 22.7 Å². The van der Waals surface area contributed by atoms with Crippen LogP contribution in [0.2, 0.25) is 0 Å². The highest BCUT2D eigenvalue weighted by Crippen LogP contribution is 2.16.